The normalized spacial score (nSPS) is 15.6. The summed E-state index contributed by atoms with van der Waals surface area (Å²) in [5.74, 6) is -2.93. The molecule has 2 aromatic carbocycles. The fourth-order valence-corrected chi connectivity index (χ4v) is 5.21. The zero-order valence-corrected chi connectivity index (χ0v) is 21.1. The van der Waals surface area contributed by atoms with Gasteiger partial charge in [0.25, 0.3) is 0 Å². The Labute approximate surface area is 214 Å². The Hall–Kier alpha value is -3.33. The Morgan fingerprint density at radius 2 is 1.86 bits per heavy atom. The van der Waals surface area contributed by atoms with Crippen molar-refractivity contribution in [2.24, 2.45) is 5.41 Å². The molecule has 1 aliphatic heterocycles. The highest BCUT2D eigenvalue weighted by molar-refractivity contribution is 5.84. The number of methoxy groups -OCH3 is 1. The number of aryl methyl sites for hydroxylation is 2. The molecule has 0 spiro atoms. The van der Waals surface area contributed by atoms with E-state index in [4.69, 9.17) is 4.74 Å². The van der Waals surface area contributed by atoms with Crippen LogP contribution in [0.4, 0.5) is 18.9 Å². The first-order valence-electron chi connectivity index (χ1n) is 12.5. The summed E-state index contributed by atoms with van der Waals surface area (Å²) in [5, 5.41) is 13.8. The molecule has 2 N–H and O–H groups in total. The van der Waals surface area contributed by atoms with Crippen LogP contribution in [0.2, 0.25) is 0 Å². The quantitative estimate of drug-likeness (QED) is 0.368. The van der Waals surface area contributed by atoms with Gasteiger partial charge >= 0.3 is 5.97 Å². The smallest absolute Gasteiger partial charge is 0.309 e. The van der Waals surface area contributed by atoms with Gasteiger partial charge in [0.2, 0.25) is 0 Å². The van der Waals surface area contributed by atoms with Crippen LogP contribution in [0.25, 0.3) is 10.9 Å². The molecule has 3 aromatic rings. The van der Waals surface area contributed by atoms with Gasteiger partial charge in [-0.05, 0) is 81.4 Å². The predicted molar refractivity (Wildman–Crippen MR) is 137 cm³/mol. The second-order valence-corrected chi connectivity index (χ2v) is 9.75. The van der Waals surface area contributed by atoms with Crippen molar-refractivity contribution in [3.8, 4) is 5.75 Å². The summed E-state index contributed by atoms with van der Waals surface area (Å²) in [7, 11) is 1.63. The van der Waals surface area contributed by atoms with E-state index in [1.165, 1.54) is 0 Å². The fraction of sp³-hybridized carbons (Fsp3) is 0.429. The first kappa shape index (κ1) is 26.7. The molecule has 1 aliphatic rings. The molecule has 1 aromatic heterocycles. The van der Waals surface area contributed by atoms with Gasteiger partial charge in [0, 0.05) is 36.8 Å². The molecule has 0 aliphatic carbocycles. The summed E-state index contributed by atoms with van der Waals surface area (Å²) < 4.78 is 46.1. The number of anilines is 1. The molecule has 0 atom stereocenters. The van der Waals surface area contributed by atoms with Crippen molar-refractivity contribution < 1.29 is 27.8 Å². The van der Waals surface area contributed by atoms with E-state index in [-0.39, 0.29) is 12.2 Å². The van der Waals surface area contributed by atoms with Crippen LogP contribution in [0.15, 0.2) is 36.5 Å². The second-order valence-electron chi connectivity index (χ2n) is 9.75. The van der Waals surface area contributed by atoms with E-state index in [0.29, 0.717) is 51.0 Å². The standard InChI is InChI=1S/C28H32F3N3O3/c1-18-17-33-25-6-5-20(37-2)16-22(25)21(18)4-3-7-28(27(35)36)8-11-34(12-9-28)13-10-32-26-23(30)14-19(29)15-24(26)31/h5-6,14-17,32H,3-4,7-13H2,1-2H3,(H,35,36). The molecule has 0 radical (unpaired) electrons. The first-order chi connectivity index (χ1) is 17.7. The van der Waals surface area contributed by atoms with Gasteiger partial charge in [0.05, 0.1) is 18.0 Å². The zero-order valence-electron chi connectivity index (χ0n) is 21.1. The molecule has 37 heavy (non-hydrogen) atoms. The lowest BCUT2D eigenvalue weighted by molar-refractivity contribution is -0.152. The maximum atomic E-state index is 13.8. The highest BCUT2D eigenvalue weighted by Gasteiger charge is 2.40. The minimum absolute atomic E-state index is 0.261. The van der Waals surface area contributed by atoms with Gasteiger partial charge in [0.1, 0.15) is 17.3 Å². The Morgan fingerprint density at radius 3 is 2.51 bits per heavy atom. The Bertz CT molecular complexity index is 1250. The maximum Gasteiger partial charge on any atom is 0.309 e. The minimum Gasteiger partial charge on any atom is -0.497 e. The van der Waals surface area contributed by atoms with Crippen LogP contribution in [0.3, 0.4) is 0 Å². The Kier molecular flexibility index (Phi) is 8.22. The van der Waals surface area contributed by atoms with E-state index in [1.54, 1.807) is 7.11 Å². The molecular weight excluding hydrogens is 483 g/mol. The lowest BCUT2D eigenvalue weighted by Crippen LogP contribution is -2.45. The van der Waals surface area contributed by atoms with E-state index in [0.717, 1.165) is 40.6 Å². The van der Waals surface area contributed by atoms with E-state index in [1.807, 2.05) is 31.3 Å². The van der Waals surface area contributed by atoms with Gasteiger partial charge < -0.3 is 20.1 Å². The van der Waals surface area contributed by atoms with Crippen molar-refractivity contribution in [2.45, 2.75) is 39.0 Å². The van der Waals surface area contributed by atoms with Gasteiger partial charge in [-0.1, -0.05) is 0 Å². The number of nitrogens with zero attached hydrogens (tertiary/aromatic N) is 2. The maximum absolute atomic E-state index is 13.8. The summed E-state index contributed by atoms with van der Waals surface area (Å²) in [6.07, 6.45) is 4.90. The number of piperidine rings is 1. The summed E-state index contributed by atoms with van der Waals surface area (Å²) >= 11 is 0. The van der Waals surface area contributed by atoms with Gasteiger partial charge in [-0.25, -0.2) is 13.2 Å². The second kappa shape index (κ2) is 11.4. The number of pyridine rings is 1. The topological polar surface area (TPSA) is 74.7 Å². The predicted octanol–water partition coefficient (Wildman–Crippen LogP) is 5.57. The number of likely N-dealkylation sites (tertiary alicyclic amines) is 1. The molecule has 6 nitrogen and oxygen atoms in total. The van der Waals surface area contributed by atoms with E-state index >= 15 is 0 Å². The number of carboxylic acid groups (broad SMARTS) is 1. The average Bonchev–Trinajstić information content (AvgIpc) is 2.87. The average molecular weight is 516 g/mol. The largest absolute Gasteiger partial charge is 0.497 e. The summed E-state index contributed by atoms with van der Waals surface area (Å²) in [5.41, 5.74) is 1.97. The highest BCUT2D eigenvalue weighted by Crippen LogP contribution is 2.38. The molecule has 4 rings (SSSR count). The lowest BCUT2D eigenvalue weighted by atomic mass is 9.74. The molecule has 0 amide bonds. The van der Waals surface area contributed by atoms with Gasteiger partial charge in [-0.2, -0.15) is 0 Å². The number of carboxylic acids is 1. The van der Waals surface area contributed by atoms with E-state index in [2.05, 4.69) is 15.2 Å². The van der Waals surface area contributed by atoms with Crippen molar-refractivity contribution in [1.82, 2.24) is 9.88 Å². The molecule has 0 bridgehead atoms. The molecule has 0 saturated carbocycles. The number of carbonyl (C=O) groups is 1. The number of halogens is 3. The number of fused-ring (bicyclic) bond motifs is 1. The SMILES string of the molecule is COc1ccc2ncc(C)c(CCCC3(C(=O)O)CCN(CCNc4c(F)cc(F)cc4F)CC3)c2c1. The summed E-state index contributed by atoms with van der Waals surface area (Å²) in [4.78, 5) is 18.9. The number of aliphatic carboxylic acids is 1. The van der Waals surface area contributed by atoms with Crippen LogP contribution in [-0.4, -0.2) is 54.2 Å². The van der Waals surface area contributed by atoms with Crippen LogP contribution < -0.4 is 10.1 Å². The van der Waals surface area contributed by atoms with E-state index in [9.17, 15) is 23.1 Å². The minimum atomic E-state index is -0.975. The molecule has 2 heterocycles. The number of benzene rings is 2. The van der Waals surface area contributed by atoms with Gasteiger partial charge in [-0.3, -0.25) is 9.78 Å². The molecule has 1 saturated heterocycles. The Morgan fingerprint density at radius 1 is 1.16 bits per heavy atom. The molecule has 1 fully saturated rings. The van der Waals surface area contributed by atoms with Crippen LogP contribution in [0, 0.1) is 29.8 Å². The van der Waals surface area contributed by atoms with Crippen LogP contribution in [0.1, 0.15) is 36.8 Å². The zero-order chi connectivity index (χ0) is 26.6. The molecule has 198 valence electrons. The molecule has 9 heteroatoms. The molecular formula is C28H32F3N3O3. The third-order valence-corrected chi connectivity index (χ3v) is 7.49. The van der Waals surface area contributed by atoms with Crippen molar-refractivity contribution in [3.05, 3.63) is 65.1 Å². The lowest BCUT2D eigenvalue weighted by Gasteiger charge is -2.39. The third kappa shape index (κ3) is 5.98. The van der Waals surface area contributed by atoms with E-state index < -0.39 is 28.8 Å². The van der Waals surface area contributed by atoms with Gasteiger partial charge in [-0.15, -0.1) is 0 Å². The number of rotatable bonds is 10. The highest BCUT2D eigenvalue weighted by atomic mass is 19.1. The third-order valence-electron chi connectivity index (χ3n) is 7.49. The fourth-order valence-electron chi connectivity index (χ4n) is 5.21. The first-order valence-corrected chi connectivity index (χ1v) is 12.5. The van der Waals surface area contributed by atoms with Crippen molar-refractivity contribution in [3.63, 3.8) is 0 Å². The van der Waals surface area contributed by atoms with Crippen LogP contribution >= 0.6 is 0 Å². The number of nitrogens with one attached hydrogen (secondary N) is 1. The van der Waals surface area contributed by atoms with Crippen molar-refractivity contribution in [2.75, 3.05) is 38.6 Å². The van der Waals surface area contributed by atoms with Crippen molar-refractivity contribution in [1.29, 1.82) is 0 Å². The van der Waals surface area contributed by atoms with Crippen LogP contribution in [0.5, 0.6) is 5.75 Å². The molecule has 0 unspecified atom stereocenters. The number of aromatic nitrogens is 1. The van der Waals surface area contributed by atoms with Gasteiger partial charge in [0.15, 0.2) is 11.6 Å². The Balaban J connectivity index is 1.33. The van der Waals surface area contributed by atoms with Crippen molar-refractivity contribution >= 4 is 22.6 Å². The summed E-state index contributed by atoms with van der Waals surface area (Å²) in [6, 6.07) is 7.07. The van der Waals surface area contributed by atoms with Crippen LogP contribution in [-0.2, 0) is 11.2 Å². The summed E-state index contributed by atoms with van der Waals surface area (Å²) in [6.45, 7) is 3.94. The number of hydrogen-bond acceptors (Lipinski definition) is 5. The monoisotopic (exact) mass is 515 g/mol. The number of ether oxygens (including phenoxy) is 1. The number of hydrogen-bond donors (Lipinski definition) is 2.